The number of aromatic amines is 1. The minimum absolute atomic E-state index is 0.0923. The van der Waals surface area contributed by atoms with Gasteiger partial charge in [-0.05, 0) is 37.1 Å². The normalized spacial score (nSPS) is 11.6. The lowest BCUT2D eigenvalue weighted by Crippen LogP contribution is -2.09. The zero-order valence-electron chi connectivity index (χ0n) is 19.3. The third kappa shape index (κ3) is 5.27. The molecule has 5 rings (SSSR count). The van der Waals surface area contributed by atoms with Crippen molar-refractivity contribution in [1.82, 2.24) is 24.7 Å². The molecule has 0 aliphatic rings. The second-order valence-electron chi connectivity index (χ2n) is 7.82. The van der Waals surface area contributed by atoms with Crippen LogP contribution >= 0.6 is 34.9 Å². The van der Waals surface area contributed by atoms with E-state index in [1.54, 1.807) is 23.1 Å². The van der Waals surface area contributed by atoms with Gasteiger partial charge in [-0.15, -0.1) is 21.5 Å². The molecule has 0 amide bonds. The van der Waals surface area contributed by atoms with Gasteiger partial charge in [0.15, 0.2) is 10.3 Å². The molecule has 0 saturated carbocycles. The van der Waals surface area contributed by atoms with Crippen molar-refractivity contribution in [2.75, 3.05) is 5.75 Å². The van der Waals surface area contributed by atoms with Gasteiger partial charge in [0.05, 0.1) is 11.1 Å². The summed E-state index contributed by atoms with van der Waals surface area (Å²) < 4.78 is 2.07. The summed E-state index contributed by atoms with van der Waals surface area (Å²) in [5.41, 5.74) is 3.08. The lowest BCUT2D eigenvalue weighted by molar-refractivity contribution is 0.864. The Bertz CT molecular complexity index is 1540. The molecular formula is C26H23N5OS3. The molecule has 2 aromatic carbocycles. The van der Waals surface area contributed by atoms with Gasteiger partial charge in [0.2, 0.25) is 0 Å². The molecule has 176 valence electrons. The number of nitrogens with one attached hydrogen (secondary N) is 1. The molecule has 1 N–H and O–H groups in total. The average molecular weight is 518 g/mol. The summed E-state index contributed by atoms with van der Waals surface area (Å²) in [6.45, 7) is 3.99. The number of hydrogen-bond donors (Lipinski definition) is 1. The van der Waals surface area contributed by atoms with Crippen LogP contribution < -0.4 is 5.56 Å². The Labute approximate surface area is 215 Å². The molecule has 3 aromatic heterocycles. The number of hydrogen-bond acceptors (Lipinski definition) is 7. The van der Waals surface area contributed by atoms with E-state index >= 15 is 0 Å². The summed E-state index contributed by atoms with van der Waals surface area (Å²) in [5.74, 6) is 2.10. The van der Waals surface area contributed by atoms with Crippen LogP contribution in [0.5, 0.6) is 0 Å². The number of benzene rings is 2. The fourth-order valence-electron chi connectivity index (χ4n) is 3.63. The SMILES string of the molecule is Cc1sc2nc(SCc3nnc(SC/C=C/c4ccccc4)n3-c3ccccc3)[nH]c(=O)c2c1C. The number of thioether (sulfide) groups is 2. The summed E-state index contributed by atoms with van der Waals surface area (Å²) >= 11 is 4.65. The number of aryl methyl sites for hydroxylation is 2. The van der Waals surface area contributed by atoms with Crippen molar-refractivity contribution >= 4 is 51.2 Å². The molecule has 5 aromatic rings. The first-order chi connectivity index (χ1) is 17.1. The Balaban J connectivity index is 1.37. The Morgan fingerprint density at radius 1 is 1.00 bits per heavy atom. The van der Waals surface area contributed by atoms with Gasteiger partial charge < -0.3 is 4.98 Å². The summed E-state index contributed by atoms with van der Waals surface area (Å²) in [6.07, 6.45) is 4.24. The number of aromatic nitrogens is 5. The van der Waals surface area contributed by atoms with Crippen molar-refractivity contribution in [2.24, 2.45) is 0 Å². The van der Waals surface area contributed by atoms with Gasteiger partial charge in [0.25, 0.3) is 5.56 Å². The highest BCUT2D eigenvalue weighted by Crippen LogP contribution is 2.29. The molecule has 0 aliphatic heterocycles. The first kappa shape index (κ1) is 23.6. The van der Waals surface area contributed by atoms with Crippen molar-refractivity contribution in [2.45, 2.75) is 29.9 Å². The first-order valence-electron chi connectivity index (χ1n) is 11.1. The van der Waals surface area contributed by atoms with Gasteiger partial charge in [-0.25, -0.2) is 4.98 Å². The van der Waals surface area contributed by atoms with E-state index in [0.717, 1.165) is 37.7 Å². The summed E-state index contributed by atoms with van der Waals surface area (Å²) in [7, 11) is 0. The summed E-state index contributed by atoms with van der Waals surface area (Å²) in [4.78, 5) is 22.1. The maximum atomic E-state index is 12.6. The molecule has 0 radical (unpaired) electrons. The monoisotopic (exact) mass is 517 g/mol. The van der Waals surface area contributed by atoms with Gasteiger partial charge in [0, 0.05) is 16.3 Å². The highest BCUT2D eigenvalue weighted by molar-refractivity contribution is 7.99. The van der Waals surface area contributed by atoms with Crippen molar-refractivity contribution in [3.63, 3.8) is 0 Å². The molecule has 9 heteroatoms. The Hall–Kier alpha value is -3.14. The van der Waals surface area contributed by atoms with E-state index in [0.29, 0.717) is 16.3 Å². The zero-order valence-corrected chi connectivity index (χ0v) is 21.7. The van der Waals surface area contributed by atoms with Crippen LogP contribution in [0, 0.1) is 13.8 Å². The maximum Gasteiger partial charge on any atom is 0.260 e. The summed E-state index contributed by atoms with van der Waals surface area (Å²) in [6, 6.07) is 20.3. The van der Waals surface area contributed by atoms with E-state index in [-0.39, 0.29) is 5.56 Å². The molecule has 0 aliphatic carbocycles. The molecule has 0 spiro atoms. The standard InChI is InChI=1S/C26H23N5OS3/c1-17-18(2)35-24-22(17)23(32)27-25(28-24)34-16-21-29-30-26(31(21)20-13-7-4-8-14-20)33-15-9-12-19-10-5-3-6-11-19/h3-14H,15-16H2,1-2H3,(H,27,28,32)/b12-9+. The third-order valence-electron chi connectivity index (χ3n) is 5.49. The van der Waals surface area contributed by atoms with Crippen molar-refractivity contribution in [3.8, 4) is 5.69 Å². The van der Waals surface area contributed by atoms with Crippen LogP contribution in [0.15, 0.2) is 81.8 Å². The lowest BCUT2D eigenvalue weighted by Gasteiger charge is -2.09. The van der Waals surface area contributed by atoms with Crippen LogP contribution in [-0.2, 0) is 5.75 Å². The second-order valence-corrected chi connectivity index (χ2v) is 11.0. The molecule has 6 nitrogen and oxygen atoms in total. The predicted octanol–water partition coefficient (Wildman–Crippen LogP) is 6.28. The Kier molecular flexibility index (Phi) is 7.17. The van der Waals surface area contributed by atoms with Crippen LogP contribution in [0.2, 0.25) is 0 Å². The zero-order chi connectivity index (χ0) is 24.2. The fourth-order valence-corrected chi connectivity index (χ4v) is 6.27. The molecule has 3 heterocycles. The maximum absolute atomic E-state index is 12.6. The molecular weight excluding hydrogens is 495 g/mol. The highest BCUT2D eigenvalue weighted by atomic mass is 32.2. The topological polar surface area (TPSA) is 76.5 Å². The van der Waals surface area contributed by atoms with E-state index in [2.05, 4.69) is 49.0 Å². The average Bonchev–Trinajstić information content (AvgIpc) is 3.41. The fraction of sp³-hybridized carbons (Fsp3) is 0.154. The van der Waals surface area contributed by atoms with E-state index in [1.165, 1.54) is 17.3 Å². The quantitative estimate of drug-likeness (QED) is 0.193. The molecule has 0 bridgehead atoms. The van der Waals surface area contributed by atoms with Gasteiger partial charge in [-0.1, -0.05) is 84.2 Å². The Morgan fingerprint density at radius 3 is 2.51 bits per heavy atom. The van der Waals surface area contributed by atoms with Gasteiger partial charge in [0.1, 0.15) is 10.7 Å². The molecule has 0 unspecified atom stereocenters. The van der Waals surface area contributed by atoms with E-state index in [4.69, 9.17) is 0 Å². The number of thiophene rings is 1. The van der Waals surface area contributed by atoms with Crippen molar-refractivity contribution in [3.05, 3.63) is 98.9 Å². The van der Waals surface area contributed by atoms with E-state index in [9.17, 15) is 4.79 Å². The van der Waals surface area contributed by atoms with Crippen molar-refractivity contribution < 1.29 is 0 Å². The number of nitrogens with zero attached hydrogens (tertiary/aromatic N) is 4. The van der Waals surface area contributed by atoms with Gasteiger partial charge >= 0.3 is 0 Å². The number of para-hydroxylation sites is 1. The number of H-pyrrole nitrogens is 1. The third-order valence-corrected chi connectivity index (χ3v) is 8.34. The first-order valence-corrected chi connectivity index (χ1v) is 13.9. The van der Waals surface area contributed by atoms with Crippen LogP contribution in [0.3, 0.4) is 0 Å². The van der Waals surface area contributed by atoms with Crippen LogP contribution in [0.4, 0.5) is 0 Å². The van der Waals surface area contributed by atoms with Gasteiger partial charge in [-0.2, -0.15) is 0 Å². The minimum Gasteiger partial charge on any atom is -0.301 e. The highest BCUT2D eigenvalue weighted by Gasteiger charge is 2.16. The lowest BCUT2D eigenvalue weighted by atomic mass is 10.2. The molecule has 0 fully saturated rings. The van der Waals surface area contributed by atoms with Crippen LogP contribution in [0.25, 0.3) is 22.0 Å². The molecule has 35 heavy (non-hydrogen) atoms. The number of rotatable bonds is 8. The van der Waals surface area contributed by atoms with Crippen molar-refractivity contribution in [1.29, 1.82) is 0 Å². The van der Waals surface area contributed by atoms with Gasteiger partial charge in [-0.3, -0.25) is 9.36 Å². The second kappa shape index (κ2) is 10.6. The molecule has 0 atom stereocenters. The molecule has 0 saturated heterocycles. The summed E-state index contributed by atoms with van der Waals surface area (Å²) in [5, 5.41) is 11.0. The van der Waals surface area contributed by atoms with E-state index in [1.807, 2.05) is 62.4 Å². The largest absolute Gasteiger partial charge is 0.301 e. The smallest absolute Gasteiger partial charge is 0.260 e. The van der Waals surface area contributed by atoms with Crippen LogP contribution in [0.1, 0.15) is 21.8 Å². The van der Waals surface area contributed by atoms with E-state index < -0.39 is 0 Å². The Morgan fingerprint density at radius 2 is 1.74 bits per heavy atom. The predicted molar refractivity (Wildman–Crippen MR) is 147 cm³/mol. The van der Waals surface area contributed by atoms with Crippen LogP contribution in [-0.4, -0.2) is 30.5 Å². The number of fused-ring (bicyclic) bond motifs is 1. The minimum atomic E-state index is -0.0923.